The Bertz CT molecular complexity index is 1420. The number of imide groups is 1. The summed E-state index contributed by atoms with van der Waals surface area (Å²) in [5.41, 5.74) is 3.66. The molecule has 0 spiro atoms. The molecular formula is C31H33NO5S. The number of fused-ring (bicyclic) bond motifs is 2. The van der Waals surface area contributed by atoms with Gasteiger partial charge >= 0.3 is 0 Å². The highest BCUT2D eigenvalue weighted by atomic mass is 32.1. The predicted molar refractivity (Wildman–Crippen MR) is 149 cm³/mol. The highest BCUT2D eigenvalue weighted by molar-refractivity contribution is 7.09. The van der Waals surface area contributed by atoms with Gasteiger partial charge in [0.2, 0.25) is 11.8 Å². The molecule has 1 aromatic heterocycles. The summed E-state index contributed by atoms with van der Waals surface area (Å²) in [6.45, 7) is 3.89. The van der Waals surface area contributed by atoms with Crippen LogP contribution in [-0.2, 0) is 16.1 Å². The molecule has 1 saturated heterocycles. The van der Waals surface area contributed by atoms with E-state index in [2.05, 4.69) is 6.08 Å². The third kappa shape index (κ3) is 4.82. The largest absolute Gasteiger partial charge is 0.507 e. The van der Waals surface area contributed by atoms with Gasteiger partial charge in [0.1, 0.15) is 5.75 Å². The highest BCUT2D eigenvalue weighted by Crippen LogP contribution is 2.46. The number of hydrogen-bond acceptors (Lipinski definition) is 6. The molecule has 198 valence electrons. The van der Waals surface area contributed by atoms with Gasteiger partial charge in [0.05, 0.1) is 31.1 Å². The number of allylic oxidation sites excluding steroid dienone is 2. The first-order chi connectivity index (χ1) is 18.3. The Kier molecular flexibility index (Phi) is 7.52. The summed E-state index contributed by atoms with van der Waals surface area (Å²) < 4.78 is 0. The Balaban J connectivity index is 1.32. The average Bonchev–Trinajstić information content (AvgIpc) is 3.51. The molecule has 2 heterocycles. The molecule has 3 N–H and O–H groups in total. The van der Waals surface area contributed by atoms with Crippen LogP contribution >= 0.6 is 11.3 Å². The fourth-order valence-corrected chi connectivity index (χ4v) is 6.88. The van der Waals surface area contributed by atoms with Crippen molar-refractivity contribution in [1.82, 2.24) is 4.90 Å². The van der Waals surface area contributed by atoms with Crippen LogP contribution in [0.15, 0.2) is 70.6 Å². The van der Waals surface area contributed by atoms with Gasteiger partial charge in [-0.15, -0.1) is 11.3 Å². The summed E-state index contributed by atoms with van der Waals surface area (Å²) in [5, 5.41) is 35.5. The molecule has 3 aromatic rings. The maximum absolute atomic E-state index is 13.4. The van der Waals surface area contributed by atoms with Crippen molar-refractivity contribution in [3.05, 3.63) is 81.1 Å². The minimum atomic E-state index is -0.817. The smallest absolute Gasteiger partial charge is 0.234 e. The first-order valence-corrected chi connectivity index (χ1v) is 13.9. The maximum Gasteiger partial charge on any atom is 0.234 e. The summed E-state index contributed by atoms with van der Waals surface area (Å²) in [6.07, 6.45) is 2.74. The van der Waals surface area contributed by atoms with Gasteiger partial charge < -0.3 is 15.3 Å². The van der Waals surface area contributed by atoms with Gasteiger partial charge in [-0.05, 0) is 67.1 Å². The maximum atomic E-state index is 13.4. The quantitative estimate of drug-likeness (QED) is 0.271. The summed E-state index contributed by atoms with van der Waals surface area (Å²) >= 11 is 1.51. The average molecular weight is 532 g/mol. The minimum Gasteiger partial charge on any atom is -0.507 e. The lowest BCUT2D eigenvalue weighted by Gasteiger charge is -2.35. The molecule has 0 bridgehead atoms. The van der Waals surface area contributed by atoms with Crippen LogP contribution in [-0.4, -0.2) is 44.7 Å². The zero-order valence-corrected chi connectivity index (χ0v) is 22.4. The number of aliphatic hydroxyl groups excluding tert-OH is 2. The summed E-state index contributed by atoms with van der Waals surface area (Å²) in [4.78, 5) is 28.8. The molecular weight excluding hydrogens is 498 g/mol. The second kappa shape index (κ2) is 10.8. The molecule has 7 heteroatoms. The number of phenolic OH excluding ortho intramolecular Hbond substituents is 1. The number of aromatic hydroxyl groups is 1. The second-order valence-electron chi connectivity index (χ2n) is 10.5. The van der Waals surface area contributed by atoms with Crippen LogP contribution < -0.4 is 0 Å². The van der Waals surface area contributed by atoms with Crippen molar-refractivity contribution in [2.45, 2.75) is 45.8 Å². The zero-order valence-electron chi connectivity index (χ0n) is 21.6. The van der Waals surface area contributed by atoms with E-state index in [0.717, 1.165) is 32.4 Å². The molecule has 6 nitrogen and oxygen atoms in total. The fourth-order valence-electron chi connectivity index (χ4n) is 6.19. The van der Waals surface area contributed by atoms with E-state index >= 15 is 0 Å². The highest BCUT2D eigenvalue weighted by Gasteiger charge is 2.54. The van der Waals surface area contributed by atoms with Gasteiger partial charge in [0, 0.05) is 16.2 Å². The third-order valence-electron chi connectivity index (χ3n) is 8.02. The Morgan fingerprint density at radius 3 is 2.58 bits per heavy atom. The second-order valence-corrected chi connectivity index (χ2v) is 11.5. The van der Waals surface area contributed by atoms with Crippen LogP contribution in [0, 0.1) is 17.8 Å². The van der Waals surface area contributed by atoms with Crippen LogP contribution in [0.3, 0.4) is 0 Å². The number of nitrogens with zero attached hydrogens (tertiary/aromatic N) is 1. The van der Waals surface area contributed by atoms with Gasteiger partial charge in [0.25, 0.3) is 0 Å². The van der Waals surface area contributed by atoms with Gasteiger partial charge in [-0.3, -0.25) is 14.5 Å². The number of aliphatic hydroxyl groups is 2. The molecule has 1 fully saturated rings. The molecule has 5 rings (SSSR count). The van der Waals surface area contributed by atoms with E-state index < -0.39 is 23.9 Å². The van der Waals surface area contributed by atoms with Gasteiger partial charge in [-0.1, -0.05) is 53.6 Å². The number of phenols is 1. The molecule has 0 radical (unpaired) electrons. The number of benzene rings is 2. The number of thiophene rings is 1. The molecule has 38 heavy (non-hydrogen) atoms. The standard InChI is InChI=1S/C31H33NO5S/c1-18(14-20-10-12-26(34)23-8-4-3-7-22(20)23)9-11-27(35)28-19(2)15-24-29(25(28)17-33)31(37)32(30(24)36)16-21-6-5-13-38-21/h3-8,10,12-14,24-25,27,29,33-35H,9,11,15-17H2,1-2H3/b18-14+/t24-,25+,27-,29-/m1/s1. The summed E-state index contributed by atoms with van der Waals surface area (Å²) in [5.74, 6) is -1.88. The number of hydrogen-bond donors (Lipinski definition) is 3. The Labute approximate surface area is 226 Å². The Hall–Kier alpha value is -3.26. The zero-order chi connectivity index (χ0) is 27.0. The topological polar surface area (TPSA) is 98.1 Å². The normalized spacial score (nSPS) is 22.9. The van der Waals surface area contributed by atoms with Gasteiger partial charge in [-0.2, -0.15) is 0 Å². The first kappa shape index (κ1) is 26.4. The fraction of sp³-hybridized carbons (Fsp3) is 0.355. The van der Waals surface area contributed by atoms with E-state index in [1.165, 1.54) is 16.2 Å². The van der Waals surface area contributed by atoms with Gasteiger partial charge in [-0.25, -0.2) is 0 Å². The van der Waals surface area contributed by atoms with Crippen molar-refractivity contribution in [3.63, 3.8) is 0 Å². The van der Waals surface area contributed by atoms with Crippen molar-refractivity contribution in [2.75, 3.05) is 6.61 Å². The molecule has 2 aromatic carbocycles. The molecule has 2 aliphatic rings. The van der Waals surface area contributed by atoms with E-state index in [-0.39, 0.29) is 30.7 Å². The molecule has 0 saturated carbocycles. The van der Waals surface area contributed by atoms with Crippen LogP contribution in [0.4, 0.5) is 0 Å². The monoisotopic (exact) mass is 531 g/mol. The number of likely N-dealkylation sites (tertiary alicyclic amines) is 1. The van der Waals surface area contributed by atoms with Crippen LogP contribution in [0.1, 0.15) is 43.6 Å². The Morgan fingerprint density at radius 2 is 1.87 bits per heavy atom. The third-order valence-corrected chi connectivity index (χ3v) is 8.88. The molecule has 1 aliphatic carbocycles. The van der Waals surface area contributed by atoms with Crippen LogP contribution in [0.5, 0.6) is 5.75 Å². The number of amides is 2. The van der Waals surface area contributed by atoms with E-state index in [4.69, 9.17) is 0 Å². The van der Waals surface area contributed by atoms with Crippen molar-refractivity contribution >= 4 is 40.0 Å². The lowest BCUT2D eigenvalue weighted by atomic mass is 9.68. The van der Waals surface area contributed by atoms with E-state index in [0.29, 0.717) is 24.8 Å². The Morgan fingerprint density at radius 1 is 1.11 bits per heavy atom. The predicted octanol–water partition coefficient (Wildman–Crippen LogP) is 5.28. The van der Waals surface area contributed by atoms with E-state index in [9.17, 15) is 24.9 Å². The van der Waals surface area contributed by atoms with Crippen molar-refractivity contribution in [2.24, 2.45) is 17.8 Å². The van der Waals surface area contributed by atoms with Gasteiger partial charge in [0.15, 0.2) is 0 Å². The number of carbonyl (C=O) groups excluding carboxylic acids is 2. The molecule has 1 aliphatic heterocycles. The number of carbonyl (C=O) groups is 2. The molecule has 0 unspecified atom stereocenters. The molecule has 4 atom stereocenters. The first-order valence-electron chi connectivity index (χ1n) is 13.0. The lowest BCUT2D eigenvalue weighted by Crippen LogP contribution is -2.38. The molecule has 2 amide bonds. The van der Waals surface area contributed by atoms with Crippen molar-refractivity contribution < 1.29 is 24.9 Å². The lowest BCUT2D eigenvalue weighted by molar-refractivity contribution is -0.140. The van der Waals surface area contributed by atoms with Crippen LogP contribution in [0.2, 0.25) is 0 Å². The van der Waals surface area contributed by atoms with E-state index in [1.54, 1.807) is 6.07 Å². The van der Waals surface area contributed by atoms with Crippen molar-refractivity contribution in [3.8, 4) is 5.75 Å². The summed E-state index contributed by atoms with van der Waals surface area (Å²) in [6, 6.07) is 15.1. The minimum absolute atomic E-state index is 0.181. The van der Waals surface area contributed by atoms with E-state index in [1.807, 2.05) is 61.7 Å². The van der Waals surface area contributed by atoms with Crippen LogP contribution in [0.25, 0.3) is 16.8 Å². The SMILES string of the molecule is CC1=C([C@H](O)CC/C(C)=C/c2ccc(O)c3ccccc23)[C@H](CO)[C@@H]2C(=O)N(Cc3cccs3)C(=O)[C@@H]2C1. The number of rotatable bonds is 8. The van der Waals surface area contributed by atoms with Crippen molar-refractivity contribution in [1.29, 1.82) is 0 Å². The summed E-state index contributed by atoms with van der Waals surface area (Å²) in [7, 11) is 0.